The van der Waals surface area contributed by atoms with Gasteiger partial charge < -0.3 is 20.1 Å². The lowest BCUT2D eigenvalue weighted by atomic mass is 10.0. The third kappa shape index (κ3) is 6.41. The molecule has 1 aromatic rings. The Morgan fingerprint density at radius 1 is 1.33 bits per heavy atom. The Kier molecular flexibility index (Phi) is 7.24. The van der Waals surface area contributed by atoms with Crippen LogP contribution in [0, 0.1) is 0 Å². The lowest BCUT2D eigenvalue weighted by molar-refractivity contribution is 0.100. The molecule has 0 saturated carbocycles. The van der Waals surface area contributed by atoms with Crippen LogP contribution < -0.4 is 10.1 Å². The predicted molar refractivity (Wildman–Crippen MR) is 88.6 cm³/mol. The van der Waals surface area contributed by atoms with Gasteiger partial charge in [-0.15, -0.1) is 0 Å². The normalized spacial score (nSPS) is 13.5. The summed E-state index contributed by atoms with van der Waals surface area (Å²) in [6, 6.07) is 5.01. The number of aliphatic hydroxyl groups is 1. The summed E-state index contributed by atoms with van der Waals surface area (Å²) >= 11 is 11.8. The molecule has 120 valence electrons. The van der Waals surface area contributed by atoms with Gasteiger partial charge in [-0.3, -0.25) is 0 Å². The maximum atomic E-state index is 9.92. The zero-order chi connectivity index (χ0) is 16.0. The topological polar surface area (TPSA) is 44.7 Å². The van der Waals surface area contributed by atoms with E-state index in [4.69, 9.17) is 27.9 Å². The van der Waals surface area contributed by atoms with Gasteiger partial charge in [-0.1, -0.05) is 23.2 Å². The van der Waals surface area contributed by atoms with Crippen molar-refractivity contribution in [1.82, 2.24) is 10.2 Å². The van der Waals surface area contributed by atoms with E-state index in [1.807, 2.05) is 14.1 Å². The Morgan fingerprint density at radius 2 is 2.00 bits per heavy atom. The fourth-order valence-corrected chi connectivity index (χ4v) is 2.00. The summed E-state index contributed by atoms with van der Waals surface area (Å²) in [7, 11) is 4.06. The maximum Gasteiger partial charge on any atom is 0.138 e. The molecule has 21 heavy (non-hydrogen) atoms. The highest BCUT2D eigenvalue weighted by molar-refractivity contribution is 6.35. The number of benzene rings is 1. The molecular formula is C15H24Cl2N2O2. The molecule has 0 heterocycles. The fraction of sp³-hybridized carbons (Fsp3) is 0.600. The first-order valence-corrected chi connectivity index (χ1v) is 7.62. The lowest BCUT2D eigenvalue weighted by Crippen LogP contribution is -2.48. The molecule has 0 aromatic heterocycles. The highest BCUT2D eigenvalue weighted by Gasteiger charge is 2.20. The van der Waals surface area contributed by atoms with Crippen molar-refractivity contribution >= 4 is 23.2 Å². The van der Waals surface area contributed by atoms with E-state index in [1.54, 1.807) is 18.2 Å². The van der Waals surface area contributed by atoms with Crippen LogP contribution in [0.25, 0.3) is 0 Å². The summed E-state index contributed by atoms with van der Waals surface area (Å²) in [5.74, 6) is 0.522. The number of hydrogen-bond acceptors (Lipinski definition) is 4. The standard InChI is InChI=1S/C15H24Cl2N2O2/c1-15(2,19(3)4)10-18-8-12(20)9-21-14-6-5-11(16)7-13(14)17/h5-7,12,18,20H,8-10H2,1-4H3. The van der Waals surface area contributed by atoms with Crippen molar-refractivity contribution in [2.45, 2.75) is 25.5 Å². The van der Waals surface area contributed by atoms with Gasteiger partial charge in [0.25, 0.3) is 0 Å². The van der Waals surface area contributed by atoms with Crippen LogP contribution in [-0.4, -0.2) is 55.4 Å². The lowest BCUT2D eigenvalue weighted by Gasteiger charge is -2.33. The molecule has 0 aliphatic carbocycles. The van der Waals surface area contributed by atoms with Gasteiger partial charge in [0.15, 0.2) is 0 Å². The summed E-state index contributed by atoms with van der Waals surface area (Å²) in [5, 5.41) is 14.2. The van der Waals surface area contributed by atoms with E-state index in [0.29, 0.717) is 22.3 Å². The van der Waals surface area contributed by atoms with Gasteiger partial charge in [0.2, 0.25) is 0 Å². The van der Waals surface area contributed by atoms with Crippen molar-refractivity contribution in [3.8, 4) is 5.75 Å². The molecule has 1 unspecified atom stereocenters. The summed E-state index contributed by atoms with van der Waals surface area (Å²) in [5.41, 5.74) is 0.0278. The summed E-state index contributed by atoms with van der Waals surface area (Å²) < 4.78 is 5.49. The third-order valence-corrected chi connectivity index (χ3v) is 4.00. The molecule has 0 amide bonds. The molecule has 0 saturated heterocycles. The SMILES string of the molecule is CN(C)C(C)(C)CNCC(O)COc1ccc(Cl)cc1Cl. The summed E-state index contributed by atoms with van der Waals surface area (Å²) in [4.78, 5) is 2.14. The average molecular weight is 335 g/mol. The predicted octanol–water partition coefficient (Wildman–Crippen LogP) is 2.66. The first kappa shape index (κ1) is 18.5. The minimum Gasteiger partial charge on any atom is -0.489 e. The number of rotatable bonds is 8. The van der Waals surface area contributed by atoms with Gasteiger partial charge in [0, 0.05) is 23.7 Å². The minimum atomic E-state index is -0.602. The minimum absolute atomic E-state index is 0.0278. The smallest absolute Gasteiger partial charge is 0.138 e. The molecule has 1 atom stereocenters. The molecular weight excluding hydrogens is 311 g/mol. The van der Waals surface area contributed by atoms with Crippen LogP contribution in [0.2, 0.25) is 10.0 Å². The highest BCUT2D eigenvalue weighted by Crippen LogP contribution is 2.27. The van der Waals surface area contributed by atoms with Crippen molar-refractivity contribution < 1.29 is 9.84 Å². The first-order valence-electron chi connectivity index (χ1n) is 6.86. The van der Waals surface area contributed by atoms with Crippen molar-refractivity contribution in [2.24, 2.45) is 0 Å². The Hall–Kier alpha value is -0.520. The second-order valence-electron chi connectivity index (χ2n) is 5.88. The third-order valence-electron chi connectivity index (χ3n) is 3.47. The van der Waals surface area contributed by atoms with E-state index in [-0.39, 0.29) is 12.1 Å². The van der Waals surface area contributed by atoms with Gasteiger partial charge in [-0.2, -0.15) is 0 Å². The van der Waals surface area contributed by atoms with Crippen LogP contribution in [0.4, 0.5) is 0 Å². The number of hydrogen-bond donors (Lipinski definition) is 2. The van der Waals surface area contributed by atoms with E-state index < -0.39 is 6.10 Å². The molecule has 4 nitrogen and oxygen atoms in total. The molecule has 0 aliphatic heterocycles. The monoisotopic (exact) mass is 334 g/mol. The van der Waals surface area contributed by atoms with E-state index >= 15 is 0 Å². The van der Waals surface area contributed by atoms with Crippen LogP contribution in [0.5, 0.6) is 5.75 Å². The van der Waals surface area contributed by atoms with Crippen LogP contribution in [-0.2, 0) is 0 Å². The molecule has 2 N–H and O–H groups in total. The van der Waals surface area contributed by atoms with Crippen LogP contribution in [0.3, 0.4) is 0 Å². The Morgan fingerprint density at radius 3 is 2.57 bits per heavy atom. The molecule has 6 heteroatoms. The first-order chi connectivity index (χ1) is 9.72. The van der Waals surface area contributed by atoms with E-state index in [1.165, 1.54) is 0 Å². The molecule has 1 aromatic carbocycles. The van der Waals surface area contributed by atoms with E-state index in [0.717, 1.165) is 6.54 Å². The average Bonchev–Trinajstić information content (AvgIpc) is 2.37. The molecule has 0 radical (unpaired) electrons. The summed E-state index contributed by atoms with van der Waals surface area (Å²) in [6.45, 7) is 5.69. The molecule has 1 rings (SSSR count). The number of nitrogens with zero attached hydrogens (tertiary/aromatic N) is 1. The zero-order valence-electron chi connectivity index (χ0n) is 13.0. The van der Waals surface area contributed by atoms with Gasteiger partial charge in [0.1, 0.15) is 18.5 Å². The fourth-order valence-electron chi connectivity index (χ4n) is 1.54. The second-order valence-corrected chi connectivity index (χ2v) is 6.72. The van der Waals surface area contributed by atoms with Crippen LogP contribution in [0.1, 0.15) is 13.8 Å². The molecule has 0 bridgehead atoms. The van der Waals surface area contributed by atoms with Crippen molar-refractivity contribution in [3.63, 3.8) is 0 Å². The number of ether oxygens (including phenoxy) is 1. The molecule has 0 spiro atoms. The second kappa shape index (κ2) is 8.20. The Balaban J connectivity index is 2.33. The largest absolute Gasteiger partial charge is 0.489 e. The van der Waals surface area contributed by atoms with Crippen molar-refractivity contribution in [3.05, 3.63) is 28.2 Å². The molecule has 0 aliphatic rings. The number of halogens is 2. The van der Waals surface area contributed by atoms with Crippen LogP contribution in [0.15, 0.2) is 18.2 Å². The van der Waals surface area contributed by atoms with Gasteiger partial charge in [-0.25, -0.2) is 0 Å². The Labute approximate surface area is 137 Å². The zero-order valence-corrected chi connectivity index (χ0v) is 14.5. The van der Waals surface area contributed by atoms with Gasteiger partial charge >= 0.3 is 0 Å². The maximum absolute atomic E-state index is 9.92. The Bertz CT molecular complexity index is 453. The number of nitrogens with one attached hydrogen (secondary N) is 1. The van der Waals surface area contributed by atoms with E-state index in [9.17, 15) is 5.11 Å². The molecule has 0 fully saturated rings. The van der Waals surface area contributed by atoms with E-state index in [2.05, 4.69) is 24.1 Å². The quantitative estimate of drug-likeness (QED) is 0.767. The van der Waals surface area contributed by atoms with Crippen molar-refractivity contribution in [2.75, 3.05) is 33.8 Å². The number of likely N-dealkylation sites (N-methyl/N-ethyl adjacent to an activating group) is 1. The number of aliphatic hydroxyl groups excluding tert-OH is 1. The highest BCUT2D eigenvalue weighted by atomic mass is 35.5. The van der Waals surface area contributed by atoms with Gasteiger partial charge in [0.05, 0.1) is 5.02 Å². The van der Waals surface area contributed by atoms with Crippen LogP contribution >= 0.6 is 23.2 Å². The van der Waals surface area contributed by atoms with Gasteiger partial charge in [-0.05, 0) is 46.1 Å². The summed E-state index contributed by atoms with van der Waals surface area (Å²) in [6.07, 6.45) is -0.602. The van der Waals surface area contributed by atoms with Crippen molar-refractivity contribution in [1.29, 1.82) is 0 Å².